The predicted molar refractivity (Wildman–Crippen MR) is 55.9 cm³/mol. The van der Waals surface area contributed by atoms with Crippen molar-refractivity contribution < 1.29 is 40.3 Å². The first-order valence-corrected chi connectivity index (χ1v) is 5.61. The highest BCUT2D eigenvalue weighted by Gasteiger charge is 2.76. The van der Waals surface area contributed by atoms with Crippen LogP contribution < -0.4 is 4.74 Å². The molecule has 1 aliphatic rings. The van der Waals surface area contributed by atoms with Crippen LogP contribution >= 0.6 is 0 Å². The Kier molecular flexibility index (Phi) is 3.42. The van der Waals surface area contributed by atoms with Gasteiger partial charge in [-0.3, -0.25) is 4.79 Å². The molecule has 116 valence electrons. The number of benzene rings is 1. The quantitative estimate of drug-likeness (QED) is 0.629. The second-order valence-corrected chi connectivity index (χ2v) is 4.40. The molecule has 0 unspecified atom stereocenters. The van der Waals surface area contributed by atoms with E-state index < -0.39 is 29.4 Å². The Labute approximate surface area is 113 Å². The van der Waals surface area contributed by atoms with Crippen LogP contribution in [0.2, 0.25) is 0 Å². The molecule has 0 saturated heterocycles. The van der Waals surface area contributed by atoms with E-state index >= 15 is 0 Å². The number of Topliss-reactive ketones (excluding diaryl/α,β-unsaturated/α-hetero) is 1. The van der Waals surface area contributed by atoms with Crippen LogP contribution in [0.3, 0.4) is 0 Å². The van der Waals surface area contributed by atoms with E-state index in [0.29, 0.717) is 5.56 Å². The highest BCUT2D eigenvalue weighted by Crippen LogP contribution is 2.48. The number of ketones is 1. The lowest BCUT2D eigenvalue weighted by Crippen LogP contribution is -2.56. The zero-order chi connectivity index (χ0) is 16.1. The second-order valence-electron chi connectivity index (χ2n) is 4.40. The van der Waals surface area contributed by atoms with Crippen LogP contribution in [0.1, 0.15) is 15.9 Å². The van der Waals surface area contributed by atoms with E-state index in [1.165, 1.54) is 0 Å². The largest absolute Gasteiger partial charge is 0.493 e. The van der Waals surface area contributed by atoms with Crippen molar-refractivity contribution in [2.45, 2.75) is 24.4 Å². The van der Waals surface area contributed by atoms with Crippen LogP contribution in [-0.4, -0.2) is 30.4 Å². The summed E-state index contributed by atoms with van der Waals surface area (Å²) in [5.41, 5.74) is -0.625. The molecule has 21 heavy (non-hydrogen) atoms. The van der Waals surface area contributed by atoms with Gasteiger partial charge in [-0.1, -0.05) is 0 Å². The van der Waals surface area contributed by atoms with Gasteiger partial charge in [0.05, 0.1) is 6.61 Å². The van der Waals surface area contributed by atoms with Crippen LogP contribution in [0.25, 0.3) is 0 Å². The van der Waals surface area contributed by atoms with Gasteiger partial charge in [0.2, 0.25) is 5.78 Å². The first kappa shape index (κ1) is 15.6. The number of fused-ring (bicyclic) bond motifs is 1. The van der Waals surface area contributed by atoms with Gasteiger partial charge in [0.25, 0.3) is 0 Å². The van der Waals surface area contributed by atoms with Crippen molar-refractivity contribution in [2.75, 3.05) is 6.61 Å². The van der Waals surface area contributed by atoms with Gasteiger partial charge >= 0.3 is 18.0 Å². The first-order chi connectivity index (χ1) is 9.48. The highest BCUT2D eigenvalue weighted by molar-refractivity contribution is 6.02. The lowest BCUT2D eigenvalue weighted by Gasteiger charge is -2.27. The standard InChI is InChI=1S/C12H7F7O2/c13-10(14,11(15,16)12(17,18)19)9(20)7-1-2-8-6(5-7)3-4-21-8/h1-2,5H,3-4H2. The topological polar surface area (TPSA) is 26.3 Å². The van der Waals surface area contributed by atoms with E-state index in [1.807, 2.05) is 0 Å². The maximum atomic E-state index is 13.3. The fourth-order valence-corrected chi connectivity index (χ4v) is 1.83. The Morgan fingerprint density at radius 3 is 2.24 bits per heavy atom. The van der Waals surface area contributed by atoms with E-state index in [-0.39, 0.29) is 18.8 Å². The molecule has 0 spiro atoms. The van der Waals surface area contributed by atoms with Gasteiger partial charge in [0.1, 0.15) is 5.75 Å². The molecule has 0 fully saturated rings. The third kappa shape index (κ3) is 2.34. The molecule has 0 N–H and O–H groups in total. The van der Waals surface area contributed by atoms with Crippen molar-refractivity contribution in [3.05, 3.63) is 29.3 Å². The van der Waals surface area contributed by atoms with E-state index in [4.69, 9.17) is 4.74 Å². The molecule has 0 saturated carbocycles. The monoisotopic (exact) mass is 316 g/mol. The fourth-order valence-electron chi connectivity index (χ4n) is 1.83. The molecular formula is C12H7F7O2. The van der Waals surface area contributed by atoms with Gasteiger partial charge in [-0.05, 0) is 23.8 Å². The van der Waals surface area contributed by atoms with Crippen molar-refractivity contribution in [1.29, 1.82) is 0 Å². The van der Waals surface area contributed by atoms with Crippen molar-refractivity contribution >= 4 is 5.78 Å². The summed E-state index contributed by atoms with van der Waals surface area (Å²) in [4.78, 5) is 11.4. The van der Waals surface area contributed by atoms with Crippen LogP contribution in [0.5, 0.6) is 5.75 Å². The molecule has 1 aliphatic heterocycles. The van der Waals surface area contributed by atoms with Crippen molar-refractivity contribution in [3.63, 3.8) is 0 Å². The van der Waals surface area contributed by atoms with E-state index in [0.717, 1.165) is 18.2 Å². The molecule has 0 aliphatic carbocycles. The second kappa shape index (κ2) is 4.60. The molecule has 1 aromatic rings. The molecule has 0 atom stereocenters. The number of hydrogen-bond acceptors (Lipinski definition) is 2. The molecule has 1 heterocycles. The SMILES string of the molecule is O=C(c1ccc2c(c1)CCO2)C(F)(F)C(F)(F)C(F)(F)F. The minimum atomic E-state index is -6.54. The van der Waals surface area contributed by atoms with Crippen LogP contribution in [-0.2, 0) is 6.42 Å². The summed E-state index contributed by atoms with van der Waals surface area (Å²) in [6, 6.07) is 2.65. The molecule has 2 nitrogen and oxygen atoms in total. The number of alkyl halides is 7. The summed E-state index contributed by atoms with van der Waals surface area (Å²) in [5, 5.41) is 0. The lowest BCUT2D eigenvalue weighted by molar-refractivity contribution is -0.339. The summed E-state index contributed by atoms with van der Waals surface area (Å²) in [5.74, 6) is -14.7. The molecular weight excluding hydrogens is 309 g/mol. The molecule has 0 radical (unpaired) electrons. The average Bonchev–Trinajstić information content (AvgIpc) is 2.83. The molecule has 1 aromatic carbocycles. The Bertz CT molecular complexity index is 577. The van der Waals surface area contributed by atoms with E-state index in [1.54, 1.807) is 0 Å². The van der Waals surface area contributed by atoms with Gasteiger partial charge in [-0.25, -0.2) is 0 Å². The summed E-state index contributed by atoms with van der Waals surface area (Å²) >= 11 is 0. The van der Waals surface area contributed by atoms with Gasteiger partial charge in [0.15, 0.2) is 0 Å². The smallest absolute Gasteiger partial charge is 0.460 e. The maximum Gasteiger partial charge on any atom is 0.460 e. The van der Waals surface area contributed by atoms with Crippen LogP contribution in [0, 0.1) is 0 Å². The molecule has 2 rings (SSSR count). The predicted octanol–water partition coefficient (Wildman–Crippen LogP) is 3.64. The molecule has 0 bridgehead atoms. The number of rotatable bonds is 3. The number of carbonyl (C=O) groups is 1. The third-order valence-corrected chi connectivity index (χ3v) is 2.99. The highest BCUT2D eigenvalue weighted by atomic mass is 19.4. The minimum absolute atomic E-state index is 0.210. The number of ether oxygens (including phenoxy) is 1. The Morgan fingerprint density at radius 1 is 1.05 bits per heavy atom. The molecule has 0 aromatic heterocycles. The van der Waals surface area contributed by atoms with Crippen molar-refractivity contribution in [3.8, 4) is 5.75 Å². The average molecular weight is 316 g/mol. The summed E-state index contributed by atoms with van der Waals surface area (Å²) in [6.07, 6.45) is -6.29. The van der Waals surface area contributed by atoms with E-state index in [2.05, 4.69) is 0 Å². The number of carbonyl (C=O) groups excluding carboxylic acids is 1. The van der Waals surface area contributed by atoms with Crippen LogP contribution in [0.4, 0.5) is 30.7 Å². The summed E-state index contributed by atoms with van der Waals surface area (Å²) in [7, 11) is 0. The molecule has 0 amide bonds. The summed E-state index contributed by atoms with van der Waals surface area (Å²) in [6.45, 7) is 0.210. The normalized spacial score (nSPS) is 15.6. The Balaban J connectivity index is 2.39. The van der Waals surface area contributed by atoms with E-state index in [9.17, 15) is 35.5 Å². The third-order valence-electron chi connectivity index (χ3n) is 2.99. The first-order valence-electron chi connectivity index (χ1n) is 5.61. The molecule has 9 heteroatoms. The fraction of sp³-hybridized carbons (Fsp3) is 0.417. The zero-order valence-electron chi connectivity index (χ0n) is 10.1. The summed E-state index contributed by atoms with van der Waals surface area (Å²) < 4.78 is 93.2. The van der Waals surface area contributed by atoms with Crippen molar-refractivity contribution in [1.82, 2.24) is 0 Å². The lowest BCUT2D eigenvalue weighted by atomic mass is 9.98. The Hall–Kier alpha value is -1.80. The maximum absolute atomic E-state index is 13.3. The van der Waals surface area contributed by atoms with Gasteiger partial charge in [0, 0.05) is 12.0 Å². The van der Waals surface area contributed by atoms with Gasteiger partial charge < -0.3 is 4.74 Å². The Morgan fingerprint density at radius 2 is 1.67 bits per heavy atom. The van der Waals surface area contributed by atoms with Crippen LogP contribution in [0.15, 0.2) is 18.2 Å². The van der Waals surface area contributed by atoms with Crippen molar-refractivity contribution in [2.24, 2.45) is 0 Å². The zero-order valence-corrected chi connectivity index (χ0v) is 10.1. The van der Waals surface area contributed by atoms with Gasteiger partial charge in [-0.2, -0.15) is 30.7 Å². The number of hydrogen-bond donors (Lipinski definition) is 0. The minimum Gasteiger partial charge on any atom is -0.493 e. The number of halogens is 7. The van der Waals surface area contributed by atoms with Gasteiger partial charge in [-0.15, -0.1) is 0 Å².